The highest BCUT2D eigenvalue weighted by Crippen LogP contribution is 2.31. The topological polar surface area (TPSA) is 69.3 Å². The van der Waals surface area contributed by atoms with Crippen LogP contribution in [0, 0.1) is 6.92 Å². The van der Waals surface area contributed by atoms with Crippen LogP contribution in [0.1, 0.15) is 22.6 Å². The Bertz CT molecular complexity index is 1310. The van der Waals surface area contributed by atoms with E-state index >= 15 is 0 Å². The Balaban J connectivity index is 1.50. The number of amides is 1. The molecule has 5 rings (SSSR count). The number of hydrogen-bond acceptors (Lipinski definition) is 3. The third-order valence-corrected chi connectivity index (χ3v) is 5.57. The SMILES string of the molecule is Cc1c(NC(=O)C(c2ccccc2)c2ccccc2)cccc1-c1nc2[nH+]cccc2o1. The molecule has 2 N–H and O–H groups in total. The first-order chi connectivity index (χ1) is 15.7. The van der Waals surface area contributed by atoms with Crippen LogP contribution in [-0.4, -0.2) is 10.9 Å². The highest BCUT2D eigenvalue weighted by atomic mass is 16.3. The van der Waals surface area contributed by atoms with E-state index in [2.05, 4.69) is 15.3 Å². The predicted octanol–water partition coefficient (Wildman–Crippen LogP) is 5.39. The zero-order valence-electron chi connectivity index (χ0n) is 17.6. The lowest BCUT2D eigenvalue weighted by atomic mass is 9.90. The number of carbonyl (C=O) groups is 1. The molecule has 0 fully saturated rings. The minimum atomic E-state index is -0.417. The third-order valence-electron chi connectivity index (χ3n) is 5.57. The molecule has 0 atom stereocenters. The van der Waals surface area contributed by atoms with Crippen molar-refractivity contribution in [1.29, 1.82) is 0 Å². The van der Waals surface area contributed by atoms with Gasteiger partial charge in [-0.3, -0.25) is 4.79 Å². The van der Waals surface area contributed by atoms with Crippen LogP contribution in [0.15, 0.2) is 102 Å². The lowest BCUT2D eigenvalue weighted by Crippen LogP contribution is -2.22. The zero-order chi connectivity index (χ0) is 21.9. The lowest BCUT2D eigenvalue weighted by Gasteiger charge is -2.19. The number of benzene rings is 3. The van der Waals surface area contributed by atoms with Crippen LogP contribution in [-0.2, 0) is 4.79 Å². The predicted molar refractivity (Wildman–Crippen MR) is 124 cm³/mol. The van der Waals surface area contributed by atoms with Crippen LogP contribution in [0.25, 0.3) is 22.7 Å². The maximum absolute atomic E-state index is 13.5. The first-order valence-corrected chi connectivity index (χ1v) is 10.5. The van der Waals surface area contributed by atoms with Crippen LogP contribution in [0.4, 0.5) is 5.69 Å². The Morgan fingerprint density at radius 3 is 2.22 bits per heavy atom. The molecule has 156 valence electrons. The molecule has 0 aliphatic rings. The number of H-pyrrole nitrogens is 1. The summed E-state index contributed by atoms with van der Waals surface area (Å²) in [5.41, 5.74) is 5.72. The van der Waals surface area contributed by atoms with Crippen LogP contribution >= 0.6 is 0 Å². The van der Waals surface area contributed by atoms with Gasteiger partial charge >= 0.3 is 11.5 Å². The Morgan fingerprint density at radius 2 is 1.56 bits per heavy atom. The molecule has 0 unspecified atom stereocenters. The van der Waals surface area contributed by atoms with E-state index in [1.807, 2.05) is 104 Å². The Kier molecular flexibility index (Phi) is 5.22. The molecule has 2 aromatic heterocycles. The summed E-state index contributed by atoms with van der Waals surface area (Å²) in [5, 5.41) is 3.13. The zero-order valence-corrected chi connectivity index (χ0v) is 17.6. The van der Waals surface area contributed by atoms with Gasteiger partial charge in [0.15, 0.2) is 0 Å². The molecule has 3 aromatic carbocycles. The van der Waals surface area contributed by atoms with Crippen LogP contribution in [0.3, 0.4) is 0 Å². The number of pyridine rings is 1. The Labute approximate surface area is 185 Å². The molecule has 5 nitrogen and oxygen atoms in total. The number of rotatable bonds is 5. The van der Waals surface area contributed by atoms with Crippen molar-refractivity contribution in [3.8, 4) is 11.5 Å². The highest BCUT2D eigenvalue weighted by Gasteiger charge is 2.24. The fraction of sp³-hybridized carbons (Fsp3) is 0.0741. The molecular formula is C27H22N3O2+. The van der Waals surface area contributed by atoms with E-state index in [4.69, 9.17) is 4.42 Å². The number of anilines is 1. The largest absolute Gasteiger partial charge is 0.411 e. The number of carbonyl (C=O) groups excluding carboxylic acids is 1. The van der Waals surface area contributed by atoms with Crippen molar-refractivity contribution >= 4 is 22.8 Å². The molecule has 32 heavy (non-hydrogen) atoms. The molecule has 5 aromatic rings. The lowest BCUT2D eigenvalue weighted by molar-refractivity contribution is -0.347. The fourth-order valence-electron chi connectivity index (χ4n) is 3.92. The van der Waals surface area contributed by atoms with Crippen LogP contribution < -0.4 is 10.3 Å². The monoisotopic (exact) mass is 420 g/mol. The number of fused-ring (bicyclic) bond motifs is 1. The van der Waals surface area contributed by atoms with E-state index in [0.29, 0.717) is 17.1 Å². The summed E-state index contributed by atoms with van der Waals surface area (Å²) in [7, 11) is 0. The summed E-state index contributed by atoms with van der Waals surface area (Å²) >= 11 is 0. The van der Waals surface area contributed by atoms with E-state index in [-0.39, 0.29) is 5.91 Å². The summed E-state index contributed by atoms with van der Waals surface area (Å²) in [6.45, 7) is 1.96. The number of nitrogens with one attached hydrogen (secondary N) is 2. The summed E-state index contributed by atoms with van der Waals surface area (Å²) < 4.78 is 5.93. The quantitative estimate of drug-likeness (QED) is 0.415. The molecule has 0 radical (unpaired) electrons. The van der Waals surface area contributed by atoms with Gasteiger partial charge in [-0.25, -0.2) is 4.98 Å². The molecule has 2 heterocycles. The highest BCUT2D eigenvalue weighted by molar-refractivity contribution is 5.99. The number of hydrogen-bond donors (Lipinski definition) is 1. The van der Waals surface area contributed by atoms with Crippen molar-refractivity contribution in [3.63, 3.8) is 0 Å². The van der Waals surface area contributed by atoms with Crippen LogP contribution in [0.2, 0.25) is 0 Å². The summed E-state index contributed by atoms with van der Waals surface area (Å²) in [6, 6.07) is 29.1. The van der Waals surface area contributed by atoms with Gasteiger partial charge in [-0.2, -0.15) is 0 Å². The van der Waals surface area contributed by atoms with Gasteiger partial charge < -0.3 is 9.73 Å². The Hall–Kier alpha value is -4.25. The molecule has 0 saturated heterocycles. The summed E-state index contributed by atoms with van der Waals surface area (Å²) in [5.74, 6) is 0.00616. The first-order valence-electron chi connectivity index (χ1n) is 10.5. The number of nitrogens with zero attached hydrogens (tertiary/aromatic N) is 1. The number of aromatic amines is 1. The van der Waals surface area contributed by atoms with Gasteiger partial charge in [0.2, 0.25) is 11.5 Å². The van der Waals surface area contributed by atoms with Gasteiger partial charge in [0, 0.05) is 10.7 Å². The maximum Gasteiger partial charge on any atom is 0.368 e. The first kappa shape index (κ1) is 19.7. The van der Waals surface area contributed by atoms with Gasteiger partial charge in [0.25, 0.3) is 0 Å². The van der Waals surface area contributed by atoms with Crippen molar-refractivity contribution in [2.24, 2.45) is 0 Å². The van der Waals surface area contributed by atoms with Crippen molar-refractivity contribution in [2.75, 3.05) is 5.32 Å². The van der Waals surface area contributed by atoms with Crippen molar-refractivity contribution in [1.82, 2.24) is 4.98 Å². The van der Waals surface area contributed by atoms with Gasteiger partial charge in [0.05, 0.1) is 17.7 Å². The van der Waals surface area contributed by atoms with Gasteiger partial charge in [-0.1, -0.05) is 66.7 Å². The van der Waals surface area contributed by atoms with Crippen LogP contribution in [0.5, 0.6) is 0 Å². The average molecular weight is 420 g/mol. The normalized spacial score (nSPS) is 11.1. The van der Waals surface area contributed by atoms with E-state index in [0.717, 1.165) is 27.9 Å². The molecule has 0 saturated carbocycles. The molecule has 0 aliphatic heterocycles. The van der Waals surface area contributed by atoms with Crippen molar-refractivity contribution < 1.29 is 14.2 Å². The maximum atomic E-state index is 13.5. The average Bonchev–Trinajstić information content (AvgIpc) is 3.26. The minimum absolute atomic E-state index is 0.0893. The molecule has 5 heteroatoms. The van der Waals surface area contributed by atoms with Gasteiger partial charge in [0.1, 0.15) is 0 Å². The fourth-order valence-corrected chi connectivity index (χ4v) is 3.92. The summed E-state index contributed by atoms with van der Waals surface area (Å²) in [4.78, 5) is 21.1. The number of aromatic nitrogens is 2. The summed E-state index contributed by atoms with van der Waals surface area (Å²) in [6.07, 6.45) is 1.81. The molecule has 0 bridgehead atoms. The minimum Gasteiger partial charge on any atom is -0.411 e. The van der Waals surface area contributed by atoms with E-state index in [1.165, 1.54) is 0 Å². The molecular weight excluding hydrogens is 398 g/mol. The smallest absolute Gasteiger partial charge is 0.368 e. The second-order valence-electron chi connectivity index (χ2n) is 7.62. The molecule has 1 amide bonds. The Morgan fingerprint density at radius 1 is 0.875 bits per heavy atom. The molecule has 0 spiro atoms. The number of oxazole rings is 1. The van der Waals surface area contributed by atoms with Gasteiger partial charge in [-0.05, 0) is 47.9 Å². The van der Waals surface area contributed by atoms with Crippen molar-refractivity contribution in [2.45, 2.75) is 12.8 Å². The second kappa shape index (κ2) is 8.47. The van der Waals surface area contributed by atoms with E-state index in [9.17, 15) is 4.79 Å². The van der Waals surface area contributed by atoms with Gasteiger partial charge in [-0.15, -0.1) is 0 Å². The van der Waals surface area contributed by atoms with E-state index in [1.54, 1.807) is 0 Å². The third kappa shape index (κ3) is 3.76. The molecule has 0 aliphatic carbocycles. The van der Waals surface area contributed by atoms with E-state index < -0.39 is 5.92 Å². The second-order valence-corrected chi connectivity index (χ2v) is 7.62. The standard InChI is InChI=1S/C27H21N3O2/c1-18-21(27-30-25-23(32-27)16-9-17-28-25)14-8-15-22(18)29-26(31)24(19-10-4-2-5-11-19)20-12-6-3-7-13-20/h2-17,24H,1H3,(H,29,31)/p+1. The van der Waals surface area contributed by atoms with Crippen molar-refractivity contribution in [3.05, 3.63) is 114 Å².